The summed E-state index contributed by atoms with van der Waals surface area (Å²) in [5.41, 5.74) is 0. The predicted octanol–water partition coefficient (Wildman–Crippen LogP) is 0.758. The Morgan fingerprint density at radius 1 is 1.18 bits per heavy atom. The van der Waals surface area contributed by atoms with E-state index in [0.29, 0.717) is 13.1 Å². The van der Waals surface area contributed by atoms with Crippen molar-refractivity contribution < 1.29 is 18.3 Å². The van der Waals surface area contributed by atoms with E-state index < -0.39 is 22.2 Å². The fourth-order valence-electron chi connectivity index (χ4n) is 1.75. The molecule has 0 saturated heterocycles. The van der Waals surface area contributed by atoms with E-state index in [9.17, 15) is 13.2 Å². The smallest absolute Gasteiger partial charge is 0.304 e. The van der Waals surface area contributed by atoms with Crippen molar-refractivity contribution in [2.24, 2.45) is 0 Å². The minimum Gasteiger partial charge on any atom is -0.481 e. The minimum atomic E-state index is -3.55. The summed E-state index contributed by atoms with van der Waals surface area (Å²) in [5, 5.41) is 8.71. The van der Waals surface area contributed by atoms with Gasteiger partial charge in [-0.1, -0.05) is 20.8 Å². The molecule has 17 heavy (non-hydrogen) atoms. The Kier molecular flexibility index (Phi) is 6.66. The molecule has 7 heteroatoms. The van der Waals surface area contributed by atoms with Crippen molar-refractivity contribution in [3.8, 4) is 0 Å². The molecule has 1 atom stereocenters. The highest BCUT2D eigenvalue weighted by atomic mass is 32.2. The lowest BCUT2D eigenvalue weighted by Crippen LogP contribution is -2.48. The van der Waals surface area contributed by atoms with Gasteiger partial charge in [0, 0.05) is 25.7 Å². The minimum absolute atomic E-state index is 0.186. The molecule has 6 nitrogen and oxygen atoms in total. The SMILES string of the molecule is CCN(CC)S(=O)(=O)N(CC)C(C)CC(=O)O. The second-order valence-corrected chi connectivity index (χ2v) is 5.62. The van der Waals surface area contributed by atoms with Crippen molar-refractivity contribution in [1.82, 2.24) is 8.61 Å². The highest BCUT2D eigenvalue weighted by Gasteiger charge is 2.31. The maximum absolute atomic E-state index is 12.2. The third-order valence-corrected chi connectivity index (χ3v) is 4.98. The molecule has 0 bridgehead atoms. The highest BCUT2D eigenvalue weighted by Crippen LogP contribution is 2.14. The summed E-state index contributed by atoms with van der Waals surface area (Å²) >= 11 is 0. The number of carboxylic acid groups (broad SMARTS) is 1. The van der Waals surface area contributed by atoms with E-state index in [0.717, 1.165) is 0 Å². The van der Waals surface area contributed by atoms with E-state index in [1.165, 1.54) is 8.61 Å². The Labute approximate surface area is 103 Å². The van der Waals surface area contributed by atoms with Crippen molar-refractivity contribution >= 4 is 16.2 Å². The molecule has 0 spiro atoms. The van der Waals surface area contributed by atoms with Crippen LogP contribution >= 0.6 is 0 Å². The third-order valence-electron chi connectivity index (χ3n) is 2.60. The molecule has 102 valence electrons. The summed E-state index contributed by atoms with van der Waals surface area (Å²) in [6.45, 7) is 7.88. The first kappa shape index (κ1) is 16.3. The van der Waals surface area contributed by atoms with Gasteiger partial charge < -0.3 is 5.11 Å². The first-order valence-corrected chi connectivity index (χ1v) is 7.19. The summed E-state index contributed by atoms with van der Waals surface area (Å²) in [6.07, 6.45) is -0.186. The van der Waals surface area contributed by atoms with Gasteiger partial charge in [-0.3, -0.25) is 4.79 Å². The van der Waals surface area contributed by atoms with Gasteiger partial charge >= 0.3 is 5.97 Å². The molecular formula is C10H22N2O4S. The molecule has 0 rings (SSSR count). The Morgan fingerprint density at radius 2 is 1.65 bits per heavy atom. The second-order valence-electron chi connectivity index (χ2n) is 3.74. The van der Waals surface area contributed by atoms with Gasteiger partial charge in [0.2, 0.25) is 0 Å². The molecule has 0 saturated carbocycles. The average Bonchev–Trinajstić information content (AvgIpc) is 2.17. The van der Waals surface area contributed by atoms with E-state index in [4.69, 9.17) is 5.11 Å². The van der Waals surface area contributed by atoms with Crippen LogP contribution in [0.2, 0.25) is 0 Å². The molecule has 0 aliphatic rings. The Bertz CT molecular complexity index is 338. The van der Waals surface area contributed by atoms with Gasteiger partial charge in [-0.05, 0) is 6.92 Å². The van der Waals surface area contributed by atoms with E-state index in [2.05, 4.69) is 0 Å². The lowest BCUT2D eigenvalue weighted by atomic mass is 10.2. The molecule has 0 aliphatic heterocycles. The molecule has 0 radical (unpaired) electrons. The Hall–Kier alpha value is -0.660. The number of rotatable bonds is 8. The van der Waals surface area contributed by atoms with E-state index in [1.54, 1.807) is 27.7 Å². The lowest BCUT2D eigenvalue weighted by Gasteiger charge is -2.31. The summed E-state index contributed by atoms with van der Waals surface area (Å²) in [6, 6.07) is -0.539. The standard InChI is InChI=1S/C10H22N2O4S/c1-5-11(6-2)17(15,16)12(7-3)9(4)8-10(13)14/h9H,5-8H2,1-4H3,(H,13,14). The number of carboxylic acids is 1. The number of carbonyl (C=O) groups is 1. The molecule has 0 aromatic heterocycles. The number of nitrogens with zero attached hydrogens (tertiary/aromatic N) is 2. The number of hydrogen-bond acceptors (Lipinski definition) is 3. The van der Waals surface area contributed by atoms with Crippen LogP contribution in [0.4, 0.5) is 0 Å². The molecule has 0 fully saturated rings. The Balaban J connectivity index is 5.03. The maximum Gasteiger partial charge on any atom is 0.304 e. The van der Waals surface area contributed by atoms with Crippen LogP contribution in [-0.2, 0) is 15.0 Å². The third kappa shape index (κ3) is 4.25. The number of hydrogen-bond donors (Lipinski definition) is 1. The molecule has 0 amide bonds. The summed E-state index contributed by atoms with van der Waals surface area (Å²) in [4.78, 5) is 10.6. The van der Waals surface area contributed by atoms with Crippen LogP contribution in [0.5, 0.6) is 0 Å². The first-order valence-electron chi connectivity index (χ1n) is 5.79. The fraction of sp³-hybridized carbons (Fsp3) is 0.900. The molecule has 0 aromatic carbocycles. The van der Waals surface area contributed by atoms with E-state index >= 15 is 0 Å². The number of aliphatic carboxylic acids is 1. The van der Waals surface area contributed by atoms with Crippen molar-refractivity contribution in [2.75, 3.05) is 19.6 Å². The molecule has 0 heterocycles. The van der Waals surface area contributed by atoms with Crippen LogP contribution in [0.25, 0.3) is 0 Å². The average molecular weight is 266 g/mol. The summed E-state index contributed by atoms with van der Waals surface area (Å²) in [5.74, 6) is -0.995. The lowest BCUT2D eigenvalue weighted by molar-refractivity contribution is -0.137. The van der Waals surface area contributed by atoms with Gasteiger partial charge in [0.1, 0.15) is 0 Å². The zero-order chi connectivity index (χ0) is 13.6. The molecule has 0 aromatic rings. The van der Waals surface area contributed by atoms with Gasteiger partial charge in [-0.2, -0.15) is 17.0 Å². The molecule has 0 aliphatic carbocycles. The quantitative estimate of drug-likeness (QED) is 0.703. The van der Waals surface area contributed by atoms with Gasteiger partial charge in [-0.25, -0.2) is 0 Å². The topological polar surface area (TPSA) is 77.9 Å². The van der Waals surface area contributed by atoms with Crippen LogP contribution < -0.4 is 0 Å². The van der Waals surface area contributed by atoms with Crippen LogP contribution in [0.1, 0.15) is 34.1 Å². The fourth-order valence-corrected chi connectivity index (χ4v) is 3.56. The Morgan fingerprint density at radius 3 is 1.94 bits per heavy atom. The molecular weight excluding hydrogens is 244 g/mol. The zero-order valence-electron chi connectivity index (χ0n) is 10.9. The summed E-state index contributed by atoms with van der Waals surface area (Å²) < 4.78 is 27.0. The van der Waals surface area contributed by atoms with Crippen molar-refractivity contribution in [2.45, 2.75) is 40.2 Å². The normalized spacial score (nSPS) is 14.2. The molecule has 1 unspecified atom stereocenters. The van der Waals surface area contributed by atoms with Crippen molar-refractivity contribution in [1.29, 1.82) is 0 Å². The zero-order valence-corrected chi connectivity index (χ0v) is 11.7. The predicted molar refractivity (Wildman–Crippen MR) is 65.9 cm³/mol. The van der Waals surface area contributed by atoms with E-state index in [-0.39, 0.29) is 13.0 Å². The largest absolute Gasteiger partial charge is 0.481 e. The van der Waals surface area contributed by atoms with Crippen LogP contribution in [0.15, 0.2) is 0 Å². The van der Waals surface area contributed by atoms with Gasteiger partial charge in [0.25, 0.3) is 10.2 Å². The van der Waals surface area contributed by atoms with Gasteiger partial charge in [0.15, 0.2) is 0 Å². The monoisotopic (exact) mass is 266 g/mol. The van der Waals surface area contributed by atoms with Gasteiger partial charge in [0.05, 0.1) is 6.42 Å². The van der Waals surface area contributed by atoms with Crippen molar-refractivity contribution in [3.05, 3.63) is 0 Å². The first-order chi connectivity index (χ1) is 7.81. The van der Waals surface area contributed by atoms with Crippen molar-refractivity contribution in [3.63, 3.8) is 0 Å². The van der Waals surface area contributed by atoms with E-state index in [1.807, 2.05) is 0 Å². The van der Waals surface area contributed by atoms with Crippen LogP contribution in [0, 0.1) is 0 Å². The van der Waals surface area contributed by atoms with Gasteiger partial charge in [-0.15, -0.1) is 0 Å². The second kappa shape index (κ2) is 6.93. The molecule has 1 N–H and O–H groups in total. The summed E-state index contributed by atoms with van der Waals surface area (Å²) in [7, 11) is -3.55. The van der Waals surface area contributed by atoms with Crippen LogP contribution in [-0.4, -0.2) is 53.8 Å². The maximum atomic E-state index is 12.2. The highest BCUT2D eigenvalue weighted by molar-refractivity contribution is 7.86. The van der Waals surface area contributed by atoms with Crippen LogP contribution in [0.3, 0.4) is 0 Å².